The van der Waals surface area contributed by atoms with Gasteiger partial charge in [-0.1, -0.05) is 23.9 Å². The Bertz CT molecular complexity index is 614. The van der Waals surface area contributed by atoms with E-state index in [1.54, 1.807) is 12.1 Å². The van der Waals surface area contributed by atoms with Crippen LogP contribution in [0.15, 0.2) is 40.8 Å². The molecule has 0 unspecified atom stereocenters. The van der Waals surface area contributed by atoms with E-state index < -0.39 is 5.76 Å². The van der Waals surface area contributed by atoms with Gasteiger partial charge in [0.05, 0.1) is 18.7 Å². The minimum Gasteiger partial charge on any atom is -0.463 e. The van der Waals surface area contributed by atoms with Gasteiger partial charge >= 0.3 is 0 Å². The van der Waals surface area contributed by atoms with Gasteiger partial charge in [0, 0.05) is 5.69 Å². The van der Waals surface area contributed by atoms with Gasteiger partial charge in [0.1, 0.15) is 11.5 Å². The lowest BCUT2D eigenvalue weighted by Crippen LogP contribution is -2.13. The van der Waals surface area contributed by atoms with Gasteiger partial charge in [-0.05, 0) is 29.8 Å². The number of carbonyl (C=O) groups excluding carboxylic acids is 1. The van der Waals surface area contributed by atoms with Crippen molar-refractivity contribution in [3.63, 3.8) is 0 Å². The molecule has 1 aromatic carbocycles. The molecular formula is C15H16F2N2O2S. The summed E-state index contributed by atoms with van der Waals surface area (Å²) in [5.74, 6) is -1.42. The molecule has 1 heterocycles. The van der Waals surface area contributed by atoms with Crippen molar-refractivity contribution in [2.24, 2.45) is 5.73 Å². The number of nitrogens with one attached hydrogen (secondary N) is 1. The highest BCUT2D eigenvalue weighted by molar-refractivity contribution is 7.98. The maximum absolute atomic E-state index is 12.1. The Labute approximate surface area is 131 Å². The molecule has 0 spiro atoms. The molecule has 0 aliphatic heterocycles. The monoisotopic (exact) mass is 326 g/mol. The number of anilines is 1. The molecule has 3 N–H and O–H groups in total. The number of primary amides is 1. The zero-order valence-corrected chi connectivity index (χ0v) is 12.5. The van der Waals surface area contributed by atoms with Crippen molar-refractivity contribution < 1.29 is 18.0 Å². The van der Waals surface area contributed by atoms with Crippen molar-refractivity contribution in [3.05, 3.63) is 53.5 Å². The van der Waals surface area contributed by atoms with Crippen LogP contribution >= 0.6 is 11.8 Å². The lowest BCUT2D eigenvalue weighted by Gasteiger charge is -2.05. The van der Waals surface area contributed by atoms with E-state index >= 15 is 0 Å². The Kier molecular flexibility index (Phi) is 5.83. The summed E-state index contributed by atoms with van der Waals surface area (Å²) in [6.45, 7) is 0.453. The van der Waals surface area contributed by atoms with E-state index in [0.717, 1.165) is 11.3 Å². The highest BCUT2D eigenvalue weighted by Gasteiger charge is 2.07. The number of alkyl halides is 2. The van der Waals surface area contributed by atoms with Crippen LogP contribution in [0.4, 0.5) is 14.5 Å². The molecule has 0 fully saturated rings. The first-order chi connectivity index (χ1) is 10.5. The highest BCUT2D eigenvalue weighted by Crippen LogP contribution is 2.21. The summed E-state index contributed by atoms with van der Waals surface area (Å²) in [7, 11) is 0. The van der Waals surface area contributed by atoms with Crippen LogP contribution in [0.3, 0.4) is 0 Å². The predicted octanol–water partition coefficient (Wildman–Crippen LogP) is 3.38. The number of amides is 1. The smallest absolute Gasteiger partial charge is 0.284 e. The van der Waals surface area contributed by atoms with E-state index in [4.69, 9.17) is 10.2 Å². The second kappa shape index (κ2) is 7.84. The van der Waals surface area contributed by atoms with Crippen LogP contribution in [0.5, 0.6) is 0 Å². The van der Waals surface area contributed by atoms with E-state index in [1.165, 1.54) is 0 Å². The van der Waals surface area contributed by atoms with Crippen LogP contribution in [0.2, 0.25) is 0 Å². The first-order valence-corrected chi connectivity index (χ1v) is 7.66. The topological polar surface area (TPSA) is 68.3 Å². The number of carbonyl (C=O) groups is 1. The van der Waals surface area contributed by atoms with Gasteiger partial charge in [-0.25, -0.2) is 0 Å². The maximum atomic E-state index is 12.1. The molecule has 0 radical (unpaired) electrons. The lowest BCUT2D eigenvalue weighted by atomic mass is 10.1. The van der Waals surface area contributed by atoms with E-state index in [9.17, 15) is 13.6 Å². The Morgan fingerprint density at radius 2 is 1.86 bits per heavy atom. The average molecular weight is 326 g/mol. The molecular weight excluding hydrogens is 310 g/mol. The van der Waals surface area contributed by atoms with Crippen LogP contribution in [0.1, 0.15) is 17.1 Å². The normalized spacial score (nSPS) is 10.9. The average Bonchev–Trinajstić information content (AvgIpc) is 2.92. The van der Waals surface area contributed by atoms with Crippen molar-refractivity contribution >= 4 is 23.4 Å². The molecule has 4 nitrogen and oxygen atoms in total. The summed E-state index contributed by atoms with van der Waals surface area (Å²) < 4.78 is 29.6. The largest absolute Gasteiger partial charge is 0.463 e. The first-order valence-electron chi connectivity index (χ1n) is 6.61. The van der Waals surface area contributed by atoms with E-state index in [2.05, 4.69) is 5.32 Å². The molecule has 7 heteroatoms. The Hall–Kier alpha value is -2.02. The summed E-state index contributed by atoms with van der Waals surface area (Å²) in [5.41, 5.74) is 6.85. The number of rotatable bonds is 8. The van der Waals surface area contributed by atoms with Gasteiger partial charge in [-0.3, -0.25) is 4.79 Å². The number of furan rings is 1. The second-order valence-electron chi connectivity index (χ2n) is 4.63. The zero-order chi connectivity index (χ0) is 15.9. The Balaban J connectivity index is 1.83. The third kappa shape index (κ3) is 5.40. The third-order valence-electron chi connectivity index (χ3n) is 2.87. The van der Waals surface area contributed by atoms with Crippen molar-refractivity contribution in [1.82, 2.24) is 0 Å². The summed E-state index contributed by atoms with van der Waals surface area (Å²) in [4.78, 5) is 10.8. The molecule has 1 amide bonds. The molecule has 2 aromatic rings. The summed E-state index contributed by atoms with van der Waals surface area (Å²) >= 11 is 0.533. The third-order valence-corrected chi connectivity index (χ3v) is 3.57. The quantitative estimate of drug-likeness (QED) is 0.780. The molecule has 22 heavy (non-hydrogen) atoms. The van der Waals surface area contributed by atoms with Crippen LogP contribution in [-0.4, -0.2) is 11.7 Å². The molecule has 0 aliphatic carbocycles. The van der Waals surface area contributed by atoms with Gasteiger partial charge in [-0.2, -0.15) is 8.78 Å². The summed E-state index contributed by atoms with van der Waals surface area (Å²) in [6.07, 6.45) is 0.212. The van der Waals surface area contributed by atoms with Gasteiger partial charge in [-0.15, -0.1) is 0 Å². The minimum absolute atomic E-state index is 0.152. The minimum atomic E-state index is -2.40. The Morgan fingerprint density at radius 3 is 2.50 bits per heavy atom. The van der Waals surface area contributed by atoms with Crippen molar-refractivity contribution in [2.45, 2.75) is 24.5 Å². The number of halogens is 2. The molecule has 1 aromatic heterocycles. The van der Waals surface area contributed by atoms with E-state index in [-0.39, 0.29) is 18.1 Å². The number of nitrogens with two attached hydrogens (primary N) is 1. The molecule has 0 aliphatic rings. The van der Waals surface area contributed by atoms with Gasteiger partial charge in [0.2, 0.25) is 5.91 Å². The standard InChI is InChI=1S/C15H16F2N2O2S/c16-15(17)22-9-13-6-5-12(21-13)8-19-11-3-1-10(2-4-11)7-14(18)20/h1-6,15,19H,7-9H2,(H2,18,20). The number of thioether (sulfide) groups is 1. The van der Waals surface area contributed by atoms with Crippen molar-refractivity contribution in [1.29, 1.82) is 0 Å². The predicted molar refractivity (Wildman–Crippen MR) is 82.7 cm³/mol. The van der Waals surface area contributed by atoms with Crippen molar-refractivity contribution in [2.75, 3.05) is 5.32 Å². The van der Waals surface area contributed by atoms with Crippen LogP contribution in [-0.2, 0) is 23.5 Å². The summed E-state index contributed by atoms with van der Waals surface area (Å²) in [5, 5.41) is 3.15. The number of benzene rings is 1. The fraction of sp³-hybridized carbons (Fsp3) is 0.267. The molecule has 118 valence electrons. The summed E-state index contributed by atoms with van der Waals surface area (Å²) in [6, 6.07) is 10.8. The highest BCUT2D eigenvalue weighted by atomic mass is 32.2. The SMILES string of the molecule is NC(=O)Cc1ccc(NCc2ccc(CSC(F)F)o2)cc1. The lowest BCUT2D eigenvalue weighted by molar-refractivity contribution is -0.117. The van der Waals surface area contributed by atoms with Crippen molar-refractivity contribution in [3.8, 4) is 0 Å². The fourth-order valence-electron chi connectivity index (χ4n) is 1.87. The maximum Gasteiger partial charge on any atom is 0.284 e. The van der Waals surface area contributed by atoms with Crippen LogP contribution < -0.4 is 11.1 Å². The number of hydrogen-bond donors (Lipinski definition) is 2. The van der Waals surface area contributed by atoms with Crippen LogP contribution in [0, 0.1) is 0 Å². The van der Waals surface area contributed by atoms with Gasteiger partial charge in [0.15, 0.2) is 0 Å². The van der Waals surface area contributed by atoms with E-state index in [0.29, 0.717) is 29.8 Å². The molecule has 0 saturated heterocycles. The van der Waals surface area contributed by atoms with Crippen LogP contribution in [0.25, 0.3) is 0 Å². The van der Waals surface area contributed by atoms with Gasteiger partial charge < -0.3 is 15.5 Å². The first kappa shape index (κ1) is 16.4. The second-order valence-corrected chi connectivity index (χ2v) is 5.61. The zero-order valence-electron chi connectivity index (χ0n) is 11.7. The Morgan fingerprint density at radius 1 is 1.18 bits per heavy atom. The number of hydrogen-bond acceptors (Lipinski definition) is 4. The van der Waals surface area contributed by atoms with Gasteiger partial charge in [0.25, 0.3) is 5.76 Å². The van der Waals surface area contributed by atoms with E-state index in [1.807, 2.05) is 24.3 Å². The molecule has 0 bridgehead atoms. The molecule has 0 saturated carbocycles. The molecule has 0 atom stereocenters. The molecule has 2 rings (SSSR count). The fourth-order valence-corrected chi connectivity index (χ4v) is 2.32.